The van der Waals surface area contributed by atoms with Crippen LogP contribution >= 0.6 is 0 Å². The van der Waals surface area contributed by atoms with Crippen molar-refractivity contribution in [3.05, 3.63) is 63.5 Å². The predicted molar refractivity (Wildman–Crippen MR) is 115 cm³/mol. The fraction of sp³-hybridized carbons (Fsp3) is 0.375. The Morgan fingerprint density at radius 3 is 2.45 bits per heavy atom. The van der Waals surface area contributed by atoms with Gasteiger partial charge in [0.2, 0.25) is 0 Å². The zero-order chi connectivity index (χ0) is 22.9. The van der Waals surface area contributed by atoms with Gasteiger partial charge in [0.1, 0.15) is 16.9 Å². The van der Waals surface area contributed by atoms with Crippen molar-refractivity contribution in [2.75, 3.05) is 0 Å². The normalized spacial score (nSPS) is 19.7. The molecule has 1 aromatic carbocycles. The van der Waals surface area contributed by atoms with Gasteiger partial charge in [-0.05, 0) is 53.7 Å². The van der Waals surface area contributed by atoms with Crippen LogP contribution in [-0.2, 0) is 19.1 Å². The van der Waals surface area contributed by atoms with Gasteiger partial charge in [-0.15, -0.1) is 0 Å². The van der Waals surface area contributed by atoms with Crippen molar-refractivity contribution in [2.45, 2.75) is 59.4 Å². The molecule has 1 aliphatic rings. The summed E-state index contributed by atoms with van der Waals surface area (Å²) in [6.45, 7) is 10.4. The lowest BCUT2D eigenvalue weighted by molar-refractivity contribution is -0.185. The van der Waals surface area contributed by atoms with Crippen LogP contribution < -0.4 is 10.4 Å². The number of benzene rings is 1. The van der Waals surface area contributed by atoms with Gasteiger partial charge in [0.05, 0.1) is 0 Å². The highest BCUT2D eigenvalue weighted by Crippen LogP contribution is 2.45. The highest BCUT2D eigenvalue weighted by molar-refractivity contribution is 5.88. The highest BCUT2D eigenvalue weighted by atomic mass is 16.6. The summed E-state index contributed by atoms with van der Waals surface area (Å²) in [5.41, 5.74) is 0.549. The molecule has 0 N–H and O–H groups in total. The molecule has 0 aliphatic carbocycles. The van der Waals surface area contributed by atoms with Crippen LogP contribution in [0.25, 0.3) is 11.0 Å². The van der Waals surface area contributed by atoms with Crippen molar-refractivity contribution in [3.8, 4) is 5.75 Å². The molecule has 164 valence electrons. The SMILES string of the molecule is CC=C(C)C(=O)OC1C(OC(=O)C=C(C)C)c2cc3ccc(=O)oc3cc2OC1(C)C. The third-order valence-electron chi connectivity index (χ3n) is 5.03. The van der Waals surface area contributed by atoms with E-state index in [1.54, 1.807) is 65.8 Å². The zero-order valence-electron chi connectivity index (χ0n) is 18.5. The van der Waals surface area contributed by atoms with Crippen molar-refractivity contribution >= 4 is 22.9 Å². The molecule has 0 bridgehead atoms. The van der Waals surface area contributed by atoms with Gasteiger partial charge >= 0.3 is 17.6 Å². The number of rotatable bonds is 4. The maximum Gasteiger partial charge on any atom is 0.336 e. The van der Waals surface area contributed by atoms with Gasteiger partial charge in [-0.25, -0.2) is 14.4 Å². The van der Waals surface area contributed by atoms with E-state index in [-0.39, 0.29) is 0 Å². The fourth-order valence-corrected chi connectivity index (χ4v) is 3.34. The van der Waals surface area contributed by atoms with Gasteiger partial charge < -0.3 is 18.6 Å². The molecule has 0 saturated carbocycles. The Bertz CT molecular complexity index is 1150. The second kappa shape index (κ2) is 8.41. The van der Waals surface area contributed by atoms with Gasteiger partial charge in [-0.2, -0.15) is 0 Å². The van der Waals surface area contributed by atoms with Crippen molar-refractivity contribution < 1.29 is 28.2 Å². The first-order chi connectivity index (χ1) is 14.5. The van der Waals surface area contributed by atoms with Crippen LogP contribution in [0.15, 0.2) is 56.8 Å². The molecule has 0 radical (unpaired) electrons. The van der Waals surface area contributed by atoms with Crippen LogP contribution in [0.1, 0.15) is 53.2 Å². The third kappa shape index (κ3) is 4.71. The summed E-state index contributed by atoms with van der Waals surface area (Å²) in [5, 5.41) is 0.625. The second-order valence-electron chi connectivity index (χ2n) is 8.26. The van der Waals surface area contributed by atoms with Crippen LogP contribution in [0.2, 0.25) is 0 Å². The number of ether oxygens (including phenoxy) is 3. The monoisotopic (exact) mass is 426 g/mol. The van der Waals surface area contributed by atoms with Gasteiger partial charge in [-0.3, -0.25) is 0 Å². The number of hydrogen-bond acceptors (Lipinski definition) is 7. The van der Waals surface area contributed by atoms with Crippen molar-refractivity contribution in [2.24, 2.45) is 0 Å². The molecule has 0 fully saturated rings. The van der Waals surface area contributed by atoms with E-state index in [1.807, 2.05) is 0 Å². The highest BCUT2D eigenvalue weighted by Gasteiger charge is 2.49. The van der Waals surface area contributed by atoms with Crippen LogP contribution in [-0.4, -0.2) is 23.6 Å². The molecule has 31 heavy (non-hydrogen) atoms. The molecule has 0 saturated heterocycles. The fourth-order valence-electron chi connectivity index (χ4n) is 3.34. The molecule has 0 amide bonds. The van der Waals surface area contributed by atoms with E-state index < -0.39 is 35.4 Å². The Kier molecular flexibility index (Phi) is 6.06. The lowest BCUT2D eigenvalue weighted by Crippen LogP contribution is -2.52. The summed E-state index contributed by atoms with van der Waals surface area (Å²) in [5.74, 6) is -0.697. The Labute approximate surface area is 180 Å². The summed E-state index contributed by atoms with van der Waals surface area (Å²) in [4.78, 5) is 36.7. The van der Waals surface area contributed by atoms with E-state index in [9.17, 15) is 14.4 Å². The molecule has 2 aromatic rings. The maximum atomic E-state index is 12.6. The molecule has 3 rings (SSSR count). The topological polar surface area (TPSA) is 92.0 Å². The minimum Gasteiger partial charge on any atom is -0.483 e. The molecule has 2 atom stereocenters. The third-order valence-corrected chi connectivity index (χ3v) is 5.03. The molecule has 2 heterocycles. The predicted octanol–water partition coefficient (Wildman–Crippen LogP) is 4.39. The Balaban J connectivity index is 2.15. The largest absolute Gasteiger partial charge is 0.483 e. The lowest BCUT2D eigenvalue weighted by atomic mass is 9.87. The summed E-state index contributed by atoms with van der Waals surface area (Å²) in [7, 11) is 0. The summed E-state index contributed by atoms with van der Waals surface area (Å²) in [6.07, 6.45) is 1.18. The minimum atomic E-state index is -1.03. The van der Waals surface area contributed by atoms with Crippen LogP contribution in [0.5, 0.6) is 5.75 Å². The van der Waals surface area contributed by atoms with E-state index in [0.717, 1.165) is 5.57 Å². The number of allylic oxidation sites excluding steroid dienone is 2. The first-order valence-electron chi connectivity index (χ1n) is 9.98. The summed E-state index contributed by atoms with van der Waals surface area (Å²) in [6, 6.07) is 6.22. The first-order valence-corrected chi connectivity index (χ1v) is 9.98. The molecule has 1 aromatic heterocycles. The standard InChI is InChI=1S/C24H26O7/c1-7-14(4)23(27)30-22-21(29-20(26)10-13(2)3)16-11-15-8-9-19(25)28-17(15)12-18(16)31-24(22,5)6/h7-12,21-22H,1-6H3. The van der Waals surface area contributed by atoms with Crippen LogP contribution in [0.4, 0.5) is 0 Å². The molecular weight excluding hydrogens is 400 g/mol. The van der Waals surface area contributed by atoms with Gasteiger partial charge in [0.15, 0.2) is 12.2 Å². The number of carbonyl (C=O) groups is 2. The van der Waals surface area contributed by atoms with Gasteiger partial charge in [0, 0.05) is 34.7 Å². The van der Waals surface area contributed by atoms with Crippen molar-refractivity contribution in [3.63, 3.8) is 0 Å². The number of fused-ring (bicyclic) bond motifs is 2. The van der Waals surface area contributed by atoms with Crippen molar-refractivity contribution in [1.29, 1.82) is 0 Å². The zero-order valence-corrected chi connectivity index (χ0v) is 18.5. The summed E-state index contributed by atoms with van der Waals surface area (Å²) >= 11 is 0. The quantitative estimate of drug-likeness (QED) is 0.407. The smallest absolute Gasteiger partial charge is 0.336 e. The van der Waals surface area contributed by atoms with E-state index in [4.69, 9.17) is 18.6 Å². The minimum absolute atomic E-state index is 0.344. The average Bonchev–Trinajstić information content (AvgIpc) is 2.67. The molecule has 7 heteroatoms. The van der Waals surface area contributed by atoms with E-state index >= 15 is 0 Å². The lowest BCUT2D eigenvalue weighted by Gasteiger charge is -2.43. The Morgan fingerprint density at radius 2 is 1.81 bits per heavy atom. The molecule has 0 spiro atoms. The van der Waals surface area contributed by atoms with Crippen molar-refractivity contribution in [1.82, 2.24) is 0 Å². The molecular formula is C24H26O7. The van der Waals surface area contributed by atoms with Crippen LogP contribution in [0.3, 0.4) is 0 Å². The average molecular weight is 426 g/mol. The Morgan fingerprint density at radius 1 is 1.10 bits per heavy atom. The molecule has 1 aliphatic heterocycles. The Hall–Kier alpha value is -3.35. The number of esters is 2. The van der Waals surface area contributed by atoms with E-state index in [2.05, 4.69) is 0 Å². The number of carbonyl (C=O) groups excluding carboxylic acids is 2. The molecule has 2 unspecified atom stereocenters. The van der Waals surface area contributed by atoms with E-state index in [1.165, 1.54) is 12.1 Å². The maximum absolute atomic E-state index is 12.6. The van der Waals surface area contributed by atoms with Gasteiger partial charge in [0.25, 0.3) is 0 Å². The first kappa shape index (κ1) is 22.3. The van der Waals surface area contributed by atoms with Gasteiger partial charge in [-0.1, -0.05) is 11.6 Å². The second-order valence-corrected chi connectivity index (χ2v) is 8.26. The summed E-state index contributed by atoms with van der Waals surface area (Å²) < 4.78 is 22.9. The van der Waals surface area contributed by atoms with Crippen LogP contribution in [0, 0.1) is 0 Å². The number of hydrogen-bond donors (Lipinski definition) is 0. The molecule has 7 nitrogen and oxygen atoms in total. The van der Waals surface area contributed by atoms with E-state index in [0.29, 0.717) is 27.9 Å².